The molecular formula is C16H13ClN2O5S2. The Morgan fingerprint density at radius 2 is 2.08 bits per heavy atom. The summed E-state index contributed by atoms with van der Waals surface area (Å²) in [4.78, 5) is 15.0. The van der Waals surface area contributed by atoms with Crippen molar-refractivity contribution in [2.24, 2.45) is 0 Å². The van der Waals surface area contributed by atoms with E-state index in [9.17, 15) is 13.2 Å². The summed E-state index contributed by atoms with van der Waals surface area (Å²) in [5, 5.41) is 9.10. The highest BCUT2D eigenvalue weighted by Crippen LogP contribution is 2.32. The third-order valence-corrected chi connectivity index (χ3v) is 6.24. The number of carboxylic acids is 1. The molecule has 1 aromatic heterocycles. The summed E-state index contributed by atoms with van der Waals surface area (Å²) in [5.41, 5.74) is 0.432. The number of halogens is 1. The van der Waals surface area contributed by atoms with Crippen molar-refractivity contribution in [1.29, 1.82) is 0 Å². The summed E-state index contributed by atoms with van der Waals surface area (Å²) in [6.07, 6.45) is 0. The molecule has 0 saturated carbocycles. The number of hydrogen-bond donors (Lipinski definition) is 2. The van der Waals surface area contributed by atoms with Crippen LogP contribution >= 0.6 is 22.9 Å². The Hall–Kier alpha value is -2.36. The molecule has 0 radical (unpaired) electrons. The van der Waals surface area contributed by atoms with Gasteiger partial charge >= 0.3 is 5.97 Å². The highest BCUT2D eigenvalue weighted by Gasteiger charge is 2.22. The molecule has 2 aromatic carbocycles. The van der Waals surface area contributed by atoms with Gasteiger partial charge in [0.05, 0.1) is 27.4 Å². The van der Waals surface area contributed by atoms with Crippen LogP contribution in [0.15, 0.2) is 41.3 Å². The maximum Gasteiger partial charge on any atom is 0.335 e. The van der Waals surface area contributed by atoms with Gasteiger partial charge in [0.15, 0.2) is 5.13 Å². The van der Waals surface area contributed by atoms with Gasteiger partial charge in [0, 0.05) is 0 Å². The van der Waals surface area contributed by atoms with Gasteiger partial charge in [-0.1, -0.05) is 22.9 Å². The van der Waals surface area contributed by atoms with Gasteiger partial charge in [-0.25, -0.2) is 18.2 Å². The first-order chi connectivity index (χ1) is 12.3. The topological polar surface area (TPSA) is 106 Å². The van der Waals surface area contributed by atoms with Crippen LogP contribution in [0.2, 0.25) is 5.02 Å². The molecular weight excluding hydrogens is 400 g/mol. The molecule has 0 saturated heterocycles. The quantitative estimate of drug-likeness (QED) is 0.637. The Bertz CT molecular complexity index is 1100. The van der Waals surface area contributed by atoms with E-state index in [-0.39, 0.29) is 20.6 Å². The Balaban J connectivity index is 1.96. The lowest BCUT2D eigenvalue weighted by Crippen LogP contribution is -2.14. The molecule has 7 nitrogen and oxygen atoms in total. The van der Waals surface area contributed by atoms with E-state index in [0.29, 0.717) is 17.9 Å². The molecule has 0 atom stereocenters. The van der Waals surface area contributed by atoms with Crippen molar-refractivity contribution < 1.29 is 23.1 Å². The van der Waals surface area contributed by atoms with Gasteiger partial charge in [0.1, 0.15) is 10.6 Å². The van der Waals surface area contributed by atoms with Crippen LogP contribution in [0.1, 0.15) is 17.3 Å². The lowest BCUT2D eigenvalue weighted by Gasteiger charge is -2.07. The predicted octanol–water partition coefficient (Wildman–Crippen LogP) is 3.85. The SMILES string of the molecule is CCOc1ccc2nc(NS(=O)(=O)c3cc(C(=O)O)ccc3Cl)sc2c1. The van der Waals surface area contributed by atoms with Crippen molar-refractivity contribution in [3.05, 3.63) is 47.0 Å². The van der Waals surface area contributed by atoms with E-state index in [2.05, 4.69) is 9.71 Å². The monoisotopic (exact) mass is 412 g/mol. The van der Waals surface area contributed by atoms with Gasteiger partial charge in [-0.05, 0) is 43.3 Å². The molecule has 3 aromatic rings. The van der Waals surface area contributed by atoms with Gasteiger partial charge in [-0.3, -0.25) is 4.72 Å². The molecule has 0 aliphatic carbocycles. The second kappa shape index (κ2) is 7.10. The average molecular weight is 413 g/mol. The first-order valence-corrected chi connectivity index (χ1v) is 10.1. The standard InChI is InChI=1S/C16H13ClN2O5S2/c1-2-24-10-4-6-12-13(8-10)25-16(18-12)19-26(22,23)14-7-9(15(20)21)3-5-11(14)17/h3-8H,2H2,1H3,(H,18,19)(H,20,21). The van der Waals surface area contributed by atoms with Crippen LogP contribution in [-0.2, 0) is 10.0 Å². The lowest BCUT2D eigenvalue weighted by atomic mass is 10.2. The summed E-state index contributed by atoms with van der Waals surface area (Å²) in [6, 6.07) is 8.71. The van der Waals surface area contributed by atoms with E-state index in [4.69, 9.17) is 21.4 Å². The van der Waals surface area contributed by atoms with Gasteiger partial charge in [-0.15, -0.1) is 0 Å². The van der Waals surface area contributed by atoms with Crippen molar-refractivity contribution in [2.75, 3.05) is 11.3 Å². The number of hydrogen-bond acceptors (Lipinski definition) is 6. The number of thiazole rings is 1. The van der Waals surface area contributed by atoms with Gasteiger partial charge in [0.2, 0.25) is 0 Å². The van der Waals surface area contributed by atoms with Crippen molar-refractivity contribution in [2.45, 2.75) is 11.8 Å². The van der Waals surface area contributed by atoms with Crippen LogP contribution in [0.25, 0.3) is 10.2 Å². The first-order valence-electron chi connectivity index (χ1n) is 7.39. The molecule has 0 aliphatic rings. The van der Waals surface area contributed by atoms with Gasteiger partial charge in [-0.2, -0.15) is 0 Å². The minimum Gasteiger partial charge on any atom is -0.494 e. The number of sulfonamides is 1. The lowest BCUT2D eigenvalue weighted by molar-refractivity contribution is 0.0696. The van der Waals surface area contributed by atoms with E-state index in [1.807, 2.05) is 6.92 Å². The number of benzene rings is 2. The van der Waals surface area contributed by atoms with Crippen molar-refractivity contribution in [1.82, 2.24) is 4.98 Å². The van der Waals surface area contributed by atoms with E-state index in [0.717, 1.165) is 22.1 Å². The second-order valence-electron chi connectivity index (χ2n) is 5.14. The number of rotatable bonds is 6. The molecule has 0 spiro atoms. The molecule has 0 bridgehead atoms. The van der Waals surface area contributed by atoms with Crippen LogP contribution in [0.4, 0.5) is 5.13 Å². The van der Waals surface area contributed by atoms with Crippen LogP contribution in [0.5, 0.6) is 5.75 Å². The number of carbonyl (C=O) groups is 1. The van der Waals surface area contributed by atoms with E-state index in [1.54, 1.807) is 18.2 Å². The fourth-order valence-corrected chi connectivity index (χ4v) is 4.87. The minimum atomic E-state index is -4.10. The number of nitrogens with zero attached hydrogens (tertiary/aromatic N) is 1. The van der Waals surface area contributed by atoms with E-state index in [1.165, 1.54) is 12.1 Å². The number of anilines is 1. The molecule has 0 aliphatic heterocycles. The highest BCUT2D eigenvalue weighted by atomic mass is 35.5. The fraction of sp³-hybridized carbons (Fsp3) is 0.125. The van der Waals surface area contributed by atoms with E-state index >= 15 is 0 Å². The number of carboxylic acid groups (broad SMARTS) is 1. The predicted molar refractivity (Wildman–Crippen MR) is 100 cm³/mol. The molecule has 2 N–H and O–H groups in total. The van der Waals surface area contributed by atoms with Crippen molar-refractivity contribution in [3.63, 3.8) is 0 Å². The minimum absolute atomic E-state index is 0.0813. The van der Waals surface area contributed by atoms with Crippen LogP contribution in [-0.4, -0.2) is 31.1 Å². The number of aromatic carboxylic acids is 1. The number of fused-ring (bicyclic) bond motifs is 1. The molecule has 136 valence electrons. The maximum atomic E-state index is 12.6. The second-order valence-corrected chi connectivity index (χ2v) is 8.23. The fourth-order valence-electron chi connectivity index (χ4n) is 2.22. The summed E-state index contributed by atoms with van der Waals surface area (Å²) < 4.78 is 33.7. The Kier molecular flexibility index (Phi) is 5.03. The normalized spacial score (nSPS) is 11.5. The smallest absolute Gasteiger partial charge is 0.335 e. The Labute approximate surface area is 158 Å². The number of ether oxygens (including phenoxy) is 1. The third-order valence-electron chi connectivity index (χ3n) is 3.36. The van der Waals surface area contributed by atoms with Gasteiger partial charge < -0.3 is 9.84 Å². The van der Waals surface area contributed by atoms with Crippen molar-refractivity contribution in [3.8, 4) is 5.75 Å². The summed E-state index contributed by atoms with van der Waals surface area (Å²) >= 11 is 7.07. The number of nitrogens with one attached hydrogen (secondary N) is 1. The zero-order valence-corrected chi connectivity index (χ0v) is 15.8. The summed E-state index contributed by atoms with van der Waals surface area (Å²) in [7, 11) is -4.10. The van der Waals surface area contributed by atoms with Gasteiger partial charge in [0.25, 0.3) is 10.0 Å². The number of aromatic nitrogens is 1. The molecule has 0 unspecified atom stereocenters. The zero-order valence-electron chi connectivity index (χ0n) is 13.4. The Morgan fingerprint density at radius 1 is 1.31 bits per heavy atom. The third kappa shape index (κ3) is 3.74. The largest absolute Gasteiger partial charge is 0.494 e. The highest BCUT2D eigenvalue weighted by molar-refractivity contribution is 7.93. The molecule has 0 fully saturated rings. The van der Waals surface area contributed by atoms with E-state index < -0.39 is 16.0 Å². The molecule has 3 rings (SSSR count). The Morgan fingerprint density at radius 3 is 2.77 bits per heavy atom. The average Bonchev–Trinajstić information content (AvgIpc) is 2.95. The summed E-state index contributed by atoms with van der Waals surface area (Å²) in [6.45, 7) is 2.38. The van der Waals surface area contributed by atoms with Crippen LogP contribution in [0.3, 0.4) is 0 Å². The van der Waals surface area contributed by atoms with Crippen LogP contribution in [0, 0.1) is 0 Å². The molecule has 26 heavy (non-hydrogen) atoms. The summed E-state index contributed by atoms with van der Waals surface area (Å²) in [5.74, 6) is -0.586. The zero-order chi connectivity index (χ0) is 18.9. The maximum absolute atomic E-state index is 12.6. The molecule has 1 heterocycles. The van der Waals surface area contributed by atoms with Crippen molar-refractivity contribution >= 4 is 54.3 Å². The molecule has 0 amide bonds. The molecule has 10 heteroatoms. The first kappa shape index (κ1) is 18.4. The van der Waals surface area contributed by atoms with Crippen LogP contribution < -0.4 is 9.46 Å².